The number of hydrogen-bond donors (Lipinski definition) is 0. The molecule has 1 aliphatic carbocycles. The summed E-state index contributed by atoms with van der Waals surface area (Å²) in [6, 6.07) is 6.35. The number of carbonyl (C=O) groups excluding carboxylic acids is 1. The largest absolute Gasteiger partial charge is 0.591 e. The monoisotopic (exact) mass is 388 g/mol. The van der Waals surface area contributed by atoms with Gasteiger partial charge in [0.25, 0.3) is 0 Å². The first-order valence-corrected chi connectivity index (χ1v) is 10.8. The maximum atomic E-state index is 12.9. The number of hydrogen-bond acceptors (Lipinski definition) is 4. The minimum absolute atomic E-state index is 0.108. The Kier molecular flexibility index (Phi) is 4.17. The van der Waals surface area contributed by atoms with E-state index in [9.17, 15) is 9.35 Å². The fraction of sp³-hybridized carbons (Fsp3) is 0.619. The van der Waals surface area contributed by atoms with E-state index >= 15 is 0 Å². The zero-order valence-corrected chi connectivity index (χ0v) is 17.6. The molecule has 1 spiro atoms. The summed E-state index contributed by atoms with van der Waals surface area (Å²) in [6.07, 6.45) is 2.34. The normalized spacial score (nSPS) is 25.2. The van der Waals surface area contributed by atoms with Crippen molar-refractivity contribution >= 4 is 23.2 Å². The number of rotatable bonds is 0. The summed E-state index contributed by atoms with van der Waals surface area (Å²) in [4.78, 5) is 14.2. The van der Waals surface area contributed by atoms with E-state index in [0.29, 0.717) is 13.1 Å². The smallest absolute Gasteiger partial charge is 0.410 e. The van der Waals surface area contributed by atoms with Gasteiger partial charge in [-0.2, -0.15) is 0 Å². The maximum absolute atomic E-state index is 12.9. The van der Waals surface area contributed by atoms with Gasteiger partial charge in [-0.3, -0.25) is 0 Å². The summed E-state index contributed by atoms with van der Waals surface area (Å²) >= 11 is -1.28. The third-order valence-corrected chi connectivity index (χ3v) is 7.49. The number of amides is 1. The van der Waals surface area contributed by atoms with Crippen LogP contribution in [0.3, 0.4) is 0 Å². The van der Waals surface area contributed by atoms with E-state index in [0.717, 1.165) is 30.5 Å². The predicted octanol–water partition coefficient (Wildman–Crippen LogP) is 3.96. The summed E-state index contributed by atoms with van der Waals surface area (Å²) < 4.78 is 22.6. The van der Waals surface area contributed by atoms with Gasteiger partial charge in [0.15, 0.2) is 4.75 Å². The van der Waals surface area contributed by atoms with Gasteiger partial charge in [-0.15, -0.1) is 0 Å². The molecule has 6 heteroatoms. The molecule has 1 aromatic rings. The van der Waals surface area contributed by atoms with Crippen LogP contribution in [-0.2, 0) is 27.3 Å². The summed E-state index contributed by atoms with van der Waals surface area (Å²) in [7, 11) is 0. The van der Waals surface area contributed by atoms with Gasteiger partial charge in [0, 0.05) is 29.6 Å². The number of ether oxygens (including phenoxy) is 1. The Hall–Kier alpha value is -1.53. The summed E-state index contributed by atoms with van der Waals surface area (Å²) in [6.45, 7) is 11.0. The minimum atomic E-state index is -1.28. The van der Waals surface area contributed by atoms with Crippen molar-refractivity contribution in [3.8, 4) is 0 Å². The number of likely N-dealkylation sites (tertiary alicyclic amines) is 1. The second kappa shape index (κ2) is 5.98. The van der Waals surface area contributed by atoms with Gasteiger partial charge in [0.2, 0.25) is 0 Å². The lowest BCUT2D eigenvalue weighted by Crippen LogP contribution is -2.48. The Morgan fingerprint density at radius 1 is 1.26 bits per heavy atom. The standard InChI is InChI=1S/C21H28N2O3S/c1-19(2,3)26-18(24)23-11-9-21(10-12-23)13-14-7-6-8-15-16(14)17(21)22-27(25)20(15,4)5/h6-8H,9-13H2,1-5H3/t27-/m1/s1. The number of benzene rings is 1. The molecule has 0 N–H and O–H groups in total. The zero-order valence-electron chi connectivity index (χ0n) is 16.8. The lowest BCUT2D eigenvalue weighted by molar-refractivity contribution is 0.0159. The maximum Gasteiger partial charge on any atom is 0.410 e. The highest BCUT2D eigenvalue weighted by molar-refractivity contribution is 7.91. The van der Waals surface area contributed by atoms with E-state index in [1.165, 1.54) is 11.1 Å². The number of fused-ring (bicyclic) bond motifs is 1. The molecule has 5 nitrogen and oxygen atoms in total. The van der Waals surface area contributed by atoms with Crippen molar-refractivity contribution in [1.82, 2.24) is 4.90 Å². The van der Waals surface area contributed by atoms with Crippen molar-refractivity contribution in [2.45, 2.75) is 64.2 Å². The fourth-order valence-corrected chi connectivity index (χ4v) is 5.57. The van der Waals surface area contributed by atoms with Crippen molar-refractivity contribution in [2.24, 2.45) is 9.81 Å². The second-order valence-corrected chi connectivity index (χ2v) is 11.2. The van der Waals surface area contributed by atoms with Crippen LogP contribution in [0.2, 0.25) is 0 Å². The molecule has 146 valence electrons. The lowest BCUT2D eigenvalue weighted by atomic mass is 9.74. The van der Waals surface area contributed by atoms with Crippen LogP contribution in [0.4, 0.5) is 4.79 Å². The molecule has 0 bridgehead atoms. The first kappa shape index (κ1) is 18.8. The van der Waals surface area contributed by atoms with Gasteiger partial charge in [0.1, 0.15) is 22.7 Å². The molecule has 1 saturated heterocycles. The highest BCUT2D eigenvalue weighted by atomic mass is 32.2. The van der Waals surface area contributed by atoms with Gasteiger partial charge < -0.3 is 14.2 Å². The van der Waals surface area contributed by atoms with E-state index in [1.54, 1.807) is 4.90 Å². The van der Waals surface area contributed by atoms with E-state index in [1.807, 2.05) is 34.6 Å². The Morgan fingerprint density at radius 2 is 1.93 bits per heavy atom. The van der Waals surface area contributed by atoms with E-state index in [4.69, 9.17) is 9.13 Å². The quantitative estimate of drug-likeness (QED) is 0.632. The van der Waals surface area contributed by atoms with Crippen LogP contribution >= 0.6 is 0 Å². The van der Waals surface area contributed by atoms with Crippen LogP contribution in [0, 0.1) is 5.41 Å². The van der Waals surface area contributed by atoms with Gasteiger partial charge in [0.05, 0.1) is 0 Å². The molecule has 3 aliphatic rings. The minimum Gasteiger partial charge on any atom is -0.591 e. The van der Waals surface area contributed by atoms with Crippen molar-refractivity contribution in [3.63, 3.8) is 0 Å². The molecule has 0 aromatic heterocycles. The Bertz CT molecular complexity index is 817. The molecule has 0 radical (unpaired) electrons. The Balaban J connectivity index is 1.61. The molecular formula is C21H28N2O3S. The third-order valence-electron chi connectivity index (χ3n) is 6.05. The molecule has 1 aromatic carbocycles. The molecule has 4 rings (SSSR count). The van der Waals surface area contributed by atoms with Gasteiger partial charge in [-0.25, -0.2) is 4.79 Å². The SMILES string of the molecule is CC(C)(C)OC(=O)N1CCC2(CC1)Cc1cccc3c1C2=N[S@+]([O-])C3(C)C. The van der Waals surface area contributed by atoms with Crippen LogP contribution in [0.5, 0.6) is 0 Å². The number of carbonyl (C=O) groups is 1. The molecule has 27 heavy (non-hydrogen) atoms. The highest BCUT2D eigenvalue weighted by Gasteiger charge is 2.54. The average molecular weight is 389 g/mol. The first-order chi connectivity index (χ1) is 12.5. The van der Waals surface area contributed by atoms with Gasteiger partial charge >= 0.3 is 6.09 Å². The lowest BCUT2D eigenvalue weighted by Gasteiger charge is -2.41. The average Bonchev–Trinajstić information content (AvgIpc) is 2.86. The Morgan fingerprint density at radius 3 is 2.56 bits per heavy atom. The summed E-state index contributed by atoms with van der Waals surface area (Å²) in [5.41, 5.74) is 4.09. The molecule has 1 atom stereocenters. The van der Waals surface area contributed by atoms with E-state index in [2.05, 4.69) is 18.2 Å². The fourth-order valence-electron chi connectivity index (χ4n) is 4.53. The molecule has 2 heterocycles. The first-order valence-electron chi connectivity index (χ1n) is 9.65. The van der Waals surface area contributed by atoms with Crippen LogP contribution < -0.4 is 0 Å². The zero-order chi connectivity index (χ0) is 19.6. The molecule has 1 amide bonds. The van der Waals surface area contributed by atoms with Gasteiger partial charge in [-0.1, -0.05) is 22.6 Å². The second-order valence-electron chi connectivity index (χ2n) is 9.46. The number of piperidine rings is 1. The number of nitrogens with zero attached hydrogens (tertiary/aromatic N) is 2. The molecule has 0 saturated carbocycles. The van der Waals surface area contributed by atoms with E-state index < -0.39 is 21.7 Å². The topological polar surface area (TPSA) is 65.0 Å². The van der Waals surface area contributed by atoms with Gasteiger partial charge in [-0.05, 0) is 59.4 Å². The van der Waals surface area contributed by atoms with Crippen LogP contribution in [-0.4, -0.2) is 39.9 Å². The van der Waals surface area contributed by atoms with E-state index in [-0.39, 0.29) is 11.5 Å². The Labute approximate surface area is 164 Å². The van der Waals surface area contributed by atoms with Crippen LogP contribution in [0.15, 0.2) is 22.6 Å². The van der Waals surface area contributed by atoms with Crippen molar-refractivity contribution in [3.05, 3.63) is 34.9 Å². The van der Waals surface area contributed by atoms with Crippen molar-refractivity contribution < 1.29 is 14.1 Å². The van der Waals surface area contributed by atoms with Crippen LogP contribution in [0.1, 0.15) is 64.2 Å². The molecule has 1 fully saturated rings. The molecule has 2 aliphatic heterocycles. The van der Waals surface area contributed by atoms with Crippen molar-refractivity contribution in [2.75, 3.05) is 13.1 Å². The van der Waals surface area contributed by atoms with Crippen LogP contribution in [0.25, 0.3) is 0 Å². The predicted molar refractivity (Wildman–Crippen MR) is 107 cm³/mol. The summed E-state index contributed by atoms with van der Waals surface area (Å²) in [5.74, 6) is 0. The highest BCUT2D eigenvalue weighted by Crippen LogP contribution is 2.51. The molecule has 0 unspecified atom stereocenters. The molecular weight excluding hydrogens is 360 g/mol. The van der Waals surface area contributed by atoms with Crippen molar-refractivity contribution in [1.29, 1.82) is 0 Å². The third kappa shape index (κ3) is 2.97. The summed E-state index contributed by atoms with van der Waals surface area (Å²) in [5, 5.41) is 0.